The molecular formula is C9H15NO2. The molecule has 0 aromatic carbocycles. The number of ketones is 1. The molecule has 3 heteroatoms. The smallest absolute Gasteiger partial charge is 0.220 e. The van der Waals surface area contributed by atoms with E-state index in [9.17, 15) is 9.59 Å². The van der Waals surface area contributed by atoms with Gasteiger partial charge in [-0.3, -0.25) is 9.59 Å². The maximum absolute atomic E-state index is 11.6. The second-order valence-electron chi connectivity index (χ2n) is 4.27. The SMILES string of the molecule is CC(C)(C)C(=O)C1CCC(=O)N1. The summed E-state index contributed by atoms with van der Waals surface area (Å²) >= 11 is 0. The van der Waals surface area contributed by atoms with Crippen molar-refractivity contribution < 1.29 is 9.59 Å². The van der Waals surface area contributed by atoms with E-state index in [1.807, 2.05) is 20.8 Å². The molecule has 12 heavy (non-hydrogen) atoms. The molecule has 0 spiro atoms. The highest BCUT2D eigenvalue weighted by Crippen LogP contribution is 2.21. The van der Waals surface area contributed by atoms with Gasteiger partial charge in [0.15, 0.2) is 5.78 Å². The Kier molecular flexibility index (Phi) is 2.22. The Morgan fingerprint density at radius 2 is 2.08 bits per heavy atom. The molecule has 1 saturated heterocycles. The average Bonchev–Trinajstić information content (AvgIpc) is 2.32. The van der Waals surface area contributed by atoms with Crippen molar-refractivity contribution >= 4 is 11.7 Å². The van der Waals surface area contributed by atoms with Gasteiger partial charge in [0, 0.05) is 11.8 Å². The number of carbonyl (C=O) groups excluding carboxylic acids is 2. The van der Waals surface area contributed by atoms with Crippen molar-refractivity contribution in [1.29, 1.82) is 0 Å². The summed E-state index contributed by atoms with van der Waals surface area (Å²) in [6.07, 6.45) is 1.15. The van der Waals surface area contributed by atoms with Gasteiger partial charge >= 0.3 is 0 Å². The van der Waals surface area contributed by atoms with E-state index in [1.54, 1.807) is 0 Å². The summed E-state index contributed by atoms with van der Waals surface area (Å²) in [5.41, 5.74) is -0.345. The van der Waals surface area contributed by atoms with Gasteiger partial charge in [-0.05, 0) is 6.42 Å². The second-order valence-corrected chi connectivity index (χ2v) is 4.27. The van der Waals surface area contributed by atoms with Gasteiger partial charge in [-0.15, -0.1) is 0 Å². The Bertz CT molecular complexity index is 215. The molecule has 1 amide bonds. The molecule has 68 valence electrons. The fraction of sp³-hybridized carbons (Fsp3) is 0.778. The van der Waals surface area contributed by atoms with Gasteiger partial charge in [-0.1, -0.05) is 20.8 Å². The highest BCUT2D eigenvalue weighted by Gasteiger charge is 2.33. The van der Waals surface area contributed by atoms with Crippen molar-refractivity contribution in [3.8, 4) is 0 Å². The summed E-state index contributed by atoms with van der Waals surface area (Å²) in [7, 11) is 0. The number of rotatable bonds is 1. The van der Waals surface area contributed by atoms with Crippen LogP contribution >= 0.6 is 0 Å². The van der Waals surface area contributed by atoms with Crippen LogP contribution in [0.25, 0.3) is 0 Å². The fourth-order valence-electron chi connectivity index (χ4n) is 1.33. The molecule has 0 aromatic rings. The Hall–Kier alpha value is -0.860. The Morgan fingerprint density at radius 1 is 1.50 bits per heavy atom. The van der Waals surface area contributed by atoms with Crippen molar-refractivity contribution in [2.75, 3.05) is 0 Å². The normalized spacial score (nSPS) is 23.9. The van der Waals surface area contributed by atoms with Gasteiger partial charge < -0.3 is 5.32 Å². The highest BCUT2D eigenvalue weighted by atomic mass is 16.2. The van der Waals surface area contributed by atoms with E-state index in [2.05, 4.69) is 5.32 Å². The minimum atomic E-state index is -0.345. The first kappa shape index (κ1) is 9.23. The lowest BCUT2D eigenvalue weighted by atomic mass is 9.86. The predicted octanol–water partition coefficient (Wildman–Crippen LogP) is 0.880. The van der Waals surface area contributed by atoms with E-state index in [4.69, 9.17) is 0 Å². The molecule has 0 radical (unpaired) electrons. The molecule has 1 fully saturated rings. The summed E-state index contributed by atoms with van der Waals surface area (Å²) in [5, 5.41) is 2.67. The number of hydrogen-bond acceptors (Lipinski definition) is 2. The Morgan fingerprint density at radius 3 is 2.42 bits per heavy atom. The van der Waals surface area contributed by atoms with Crippen LogP contribution in [0.15, 0.2) is 0 Å². The van der Waals surface area contributed by atoms with Crippen LogP contribution < -0.4 is 5.32 Å². The highest BCUT2D eigenvalue weighted by molar-refractivity contribution is 5.94. The maximum Gasteiger partial charge on any atom is 0.220 e. The van der Waals surface area contributed by atoms with Crippen molar-refractivity contribution in [3.05, 3.63) is 0 Å². The summed E-state index contributed by atoms with van der Waals surface area (Å²) in [6.45, 7) is 5.62. The van der Waals surface area contributed by atoms with Crippen LogP contribution in [-0.4, -0.2) is 17.7 Å². The zero-order valence-electron chi connectivity index (χ0n) is 7.81. The van der Waals surface area contributed by atoms with E-state index in [0.29, 0.717) is 12.8 Å². The molecule has 1 unspecified atom stereocenters. The molecule has 1 heterocycles. The van der Waals surface area contributed by atoms with Crippen LogP contribution in [0.5, 0.6) is 0 Å². The lowest BCUT2D eigenvalue weighted by Crippen LogP contribution is -2.40. The van der Waals surface area contributed by atoms with Crippen LogP contribution in [0, 0.1) is 5.41 Å². The zero-order valence-corrected chi connectivity index (χ0v) is 7.81. The molecule has 1 aliphatic rings. The zero-order chi connectivity index (χ0) is 9.35. The van der Waals surface area contributed by atoms with Crippen molar-refractivity contribution in [1.82, 2.24) is 5.32 Å². The molecule has 0 aromatic heterocycles. The molecule has 1 atom stereocenters. The van der Waals surface area contributed by atoms with Crippen LogP contribution in [0.1, 0.15) is 33.6 Å². The first-order valence-electron chi connectivity index (χ1n) is 4.25. The summed E-state index contributed by atoms with van der Waals surface area (Å²) < 4.78 is 0. The van der Waals surface area contributed by atoms with Gasteiger partial charge in [0.05, 0.1) is 6.04 Å². The minimum Gasteiger partial charge on any atom is -0.346 e. The third kappa shape index (κ3) is 1.84. The molecule has 0 bridgehead atoms. The molecule has 1 N–H and O–H groups in total. The number of amides is 1. The molecule has 1 rings (SSSR count). The van der Waals surface area contributed by atoms with Crippen molar-refractivity contribution in [2.24, 2.45) is 5.41 Å². The van der Waals surface area contributed by atoms with Crippen molar-refractivity contribution in [2.45, 2.75) is 39.7 Å². The standard InChI is InChI=1S/C9H15NO2/c1-9(2,3)8(12)6-4-5-7(11)10-6/h6H,4-5H2,1-3H3,(H,10,11). The van der Waals surface area contributed by atoms with Crippen LogP contribution in [0.4, 0.5) is 0 Å². The molecule has 0 aliphatic carbocycles. The Balaban J connectivity index is 2.61. The molecule has 1 aliphatic heterocycles. The third-order valence-electron chi connectivity index (χ3n) is 2.05. The Labute approximate surface area is 72.5 Å². The van der Waals surface area contributed by atoms with Gasteiger partial charge in [-0.2, -0.15) is 0 Å². The third-order valence-corrected chi connectivity index (χ3v) is 2.05. The summed E-state index contributed by atoms with van der Waals surface area (Å²) in [4.78, 5) is 22.4. The predicted molar refractivity (Wildman–Crippen MR) is 45.6 cm³/mol. The molecular weight excluding hydrogens is 154 g/mol. The van der Waals surface area contributed by atoms with Crippen LogP contribution in [-0.2, 0) is 9.59 Å². The lowest BCUT2D eigenvalue weighted by Gasteiger charge is -2.20. The number of carbonyl (C=O) groups is 2. The second kappa shape index (κ2) is 2.88. The van der Waals surface area contributed by atoms with Gasteiger partial charge in [0.25, 0.3) is 0 Å². The lowest BCUT2D eigenvalue weighted by molar-refractivity contribution is -0.129. The summed E-state index contributed by atoms with van der Waals surface area (Å²) in [5.74, 6) is 0.131. The molecule has 0 saturated carbocycles. The van der Waals surface area contributed by atoms with E-state index in [-0.39, 0.29) is 23.1 Å². The van der Waals surface area contributed by atoms with Gasteiger partial charge in [0.2, 0.25) is 5.91 Å². The first-order valence-corrected chi connectivity index (χ1v) is 4.25. The van der Waals surface area contributed by atoms with Crippen LogP contribution in [0.2, 0.25) is 0 Å². The van der Waals surface area contributed by atoms with E-state index < -0.39 is 0 Å². The van der Waals surface area contributed by atoms with E-state index >= 15 is 0 Å². The van der Waals surface area contributed by atoms with E-state index in [1.165, 1.54) is 0 Å². The summed E-state index contributed by atoms with van der Waals surface area (Å²) in [6, 6.07) is -0.238. The number of hydrogen-bond donors (Lipinski definition) is 1. The minimum absolute atomic E-state index is 0.00222. The quantitative estimate of drug-likeness (QED) is 0.633. The fourth-order valence-corrected chi connectivity index (χ4v) is 1.33. The van der Waals surface area contributed by atoms with Crippen LogP contribution in [0.3, 0.4) is 0 Å². The monoisotopic (exact) mass is 169 g/mol. The average molecular weight is 169 g/mol. The largest absolute Gasteiger partial charge is 0.346 e. The molecule has 3 nitrogen and oxygen atoms in total. The maximum atomic E-state index is 11.6. The topological polar surface area (TPSA) is 46.2 Å². The first-order chi connectivity index (χ1) is 5.41. The number of Topliss-reactive ketones (excluding diaryl/α,β-unsaturated/α-hetero) is 1. The van der Waals surface area contributed by atoms with Crippen molar-refractivity contribution in [3.63, 3.8) is 0 Å². The van der Waals surface area contributed by atoms with Gasteiger partial charge in [0.1, 0.15) is 0 Å². The number of nitrogens with one attached hydrogen (secondary N) is 1. The van der Waals surface area contributed by atoms with Gasteiger partial charge in [-0.25, -0.2) is 0 Å². The van der Waals surface area contributed by atoms with E-state index in [0.717, 1.165) is 0 Å².